The predicted octanol–water partition coefficient (Wildman–Crippen LogP) is 1.76. The summed E-state index contributed by atoms with van der Waals surface area (Å²) < 4.78 is 0. The minimum absolute atomic E-state index is 0.395. The molecule has 0 aromatic rings. The number of piperidine rings is 1. The number of rotatable bonds is 3. The summed E-state index contributed by atoms with van der Waals surface area (Å²) in [5, 5.41) is 0. The fourth-order valence-electron chi connectivity index (χ4n) is 2.34. The summed E-state index contributed by atoms with van der Waals surface area (Å²) in [7, 11) is 2.22. The molecule has 1 fully saturated rings. The summed E-state index contributed by atoms with van der Waals surface area (Å²) in [5.74, 6) is 0. The molecule has 2 nitrogen and oxygen atoms in total. The second-order valence-corrected chi connectivity index (χ2v) is 4.14. The Morgan fingerprint density at radius 3 is 2.62 bits per heavy atom. The van der Waals surface area contributed by atoms with Crippen LogP contribution in [-0.4, -0.2) is 30.1 Å². The fourth-order valence-corrected chi connectivity index (χ4v) is 2.34. The quantitative estimate of drug-likeness (QED) is 0.674. The molecule has 0 aromatic heterocycles. The highest BCUT2D eigenvalue weighted by atomic mass is 15.2. The van der Waals surface area contributed by atoms with E-state index in [-0.39, 0.29) is 0 Å². The lowest BCUT2D eigenvalue weighted by molar-refractivity contribution is 0.100. The van der Waals surface area contributed by atoms with Crippen molar-refractivity contribution in [2.45, 2.75) is 50.7 Å². The van der Waals surface area contributed by atoms with Crippen molar-refractivity contribution in [3.63, 3.8) is 0 Å². The van der Waals surface area contributed by atoms with Gasteiger partial charge in [0.1, 0.15) is 0 Å². The van der Waals surface area contributed by atoms with E-state index >= 15 is 0 Å². The van der Waals surface area contributed by atoms with Crippen molar-refractivity contribution in [2.75, 3.05) is 7.05 Å². The zero-order chi connectivity index (χ0) is 9.84. The third-order valence-electron chi connectivity index (χ3n) is 3.21. The van der Waals surface area contributed by atoms with Gasteiger partial charge >= 0.3 is 0 Å². The summed E-state index contributed by atoms with van der Waals surface area (Å²) in [5.41, 5.74) is 6.02. The zero-order valence-electron chi connectivity index (χ0n) is 8.87. The normalized spacial score (nSPS) is 36.1. The molecule has 0 aliphatic carbocycles. The van der Waals surface area contributed by atoms with Crippen LogP contribution >= 0.6 is 0 Å². The first-order chi connectivity index (χ1) is 6.19. The summed E-state index contributed by atoms with van der Waals surface area (Å²) in [4.78, 5) is 2.48. The molecule has 0 saturated carbocycles. The van der Waals surface area contributed by atoms with E-state index in [1.165, 1.54) is 6.42 Å². The highest BCUT2D eigenvalue weighted by molar-refractivity contribution is 4.91. The fraction of sp³-hybridized carbons (Fsp3) is 0.818. The van der Waals surface area contributed by atoms with Gasteiger partial charge in [-0.15, -0.1) is 6.58 Å². The van der Waals surface area contributed by atoms with E-state index in [1.54, 1.807) is 0 Å². The van der Waals surface area contributed by atoms with Gasteiger partial charge in [0.25, 0.3) is 0 Å². The molecule has 76 valence electrons. The maximum Gasteiger partial charge on any atom is 0.0144 e. The molecule has 0 amide bonds. The van der Waals surface area contributed by atoms with Gasteiger partial charge in [0.05, 0.1) is 0 Å². The van der Waals surface area contributed by atoms with E-state index < -0.39 is 0 Å². The van der Waals surface area contributed by atoms with Crippen molar-refractivity contribution in [1.29, 1.82) is 0 Å². The highest BCUT2D eigenvalue weighted by Gasteiger charge is 2.29. The van der Waals surface area contributed by atoms with Crippen LogP contribution in [0.3, 0.4) is 0 Å². The van der Waals surface area contributed by atoms with E-state index in [0.717, 1.165) is 19.3 Å². The molecular weight excluding hydrogens is 160 g/mol. The first-order valence-electron chi connectivity index (χ1n) is 5.27. The number of likely N-dealkylation sites (tertiary alicyclic amines) is 1. The average Bonchev–Trinajstić information content (AvgIpc) is 2.11. The lowest BCUT2D eigenvalue weighted by Gasteiger charge is -2.41. The summed E-state index contributed by atoms with van der Waals surface area (Å²) in [6, 6.07) is 1.69. The zero-order valence-corrected chi connectivity index (χ0v) is 8.87. The molecule has 2 N–H and O–H groups in total. The van der Waals surface area contributed by atoms with E-state index in [2.05, 4.69) is 25.5 Å². The molecule has 0 radical (unpaired) electrons. The molecule has 0 aromatic carbocycles. The minimum atomic E-state index is 0.395. The molecule has 2 heteroatoms. The average molecular weight is 182 g/mol. The SMILES string of the molecule is C=CCC1CC(N)CC(CC)N1C. The molecule has 1 rings (SSSR count). The Morgan fingerprint density at radius 2 is 2.08 bits per heavy atom. The van der Waals surface area contributed by atoms with E-state index in [0.29, 0.717) is 18.1 Å². The van der Waals surface area contributed by atoms with Crippen molar-refractivity contribution in [2.24, 2.45) is 5.73 Å². The summed E-state index contributed by atoms with van der Waals surface area (Å²) in [6.45, 7) is 6.04. The Balaban J connectivity index is 2.57. The maximum absolute atomic E-state index is 6.02. The Morgan fingerprint density at radius 1 is 1.46 bits per heavy atom. The second kappa shape index (κ2) is 4.77. The molecular formula is C11H22N2. The molecule has 1 aliphatic heterocycles. The molecule has 1 aliphatic rings. The summed E-state index contributed by atoms with van der Waals surface area (Å²) >= 11 is 0. The van der Waals surface area contributed by atoms with Gasteiger partial charge in [-0.25, -0.2) is 0 Å². The molecule has 1 heterocycles. The van der Waals surface area contributed by atoms with Gasteiger partial charge in [-0.2, -0.15) is 0 Å². The van der Waals surface area contributed by atoms with Gasteiger partial charge in [0.2, 0.25) is 0 Å². The Hall–Kier alpha value is -0.340. The lowest BCUT2D eigenvalue weighted by atomic mass is 9.89. The van der Waals surface area contributed by atoms with Crippen molar-refractivity contribution in [1.82, 2.24) is 4.90 Å². The molecule has 3 unspecified atom stereocenters. The van der Waals surface area contributed by atoms with Gasteiger partial charge < -0.3 is 10.6 Å². The van der Waals surface area contributed by atoms with Crippen LogP contribution in [0.4, 0.5) is 0 Å². The van der Waals surface area contributed by atoms with Crippen LogP contribution in [0.2, 0.25) is 0 Å². The van der Waals surface area contributed by atoms with Crippen LogP contribution in [0.25, 0.3) is 0 Å². The van der Waals surface area contributed by atoms with Crippen molar-refractivity contribution < 1.29 is 0 Å². The third kappa shape index (κ3) is 2.55. The van der Waals surface area contributed by atoms with Gasteiger partial charge in [-0.3, -0.25) is 0 Å². The van der Waals surface area contributed by atoms with Crippen molar-refractivity contribution in [3.05, 3.63) is 12.7 Å². The van der Waals surface area contributed by atoms with Gasteiger partial charge in [0, 0.05) is 18.1 Å². The van der Waals surface area contributed by atoms with Crippen LogP contribution in [0.5, 0.6) is 0 Å². The molecule has 1 saturated heterocycles. The van der Waals surface area contributed by atoms with Gasteiger partial charge in [-0.1, -0.05) is 13.0 Å². The maximum atomic E-state index is 6.02. The largest absolute Gasteiger partial charge is 0.328 e. The Labute approximate surface area is 81.8 Å². The molecule has 0 spiro atoms. The Bertz CT molecular complexity index is 167. The number of nitrogens with two attached hydrogens (primary N) is 1. The predicted molar refractivity (Wildman–Crippen MR) is 57.7 cm³/mol. The third-order valence-corrected chi connectivity index (χ3v) is 3.21. The molecule has 13 heavy (non-hydrogen) atoms. The molecule has 0 bridgehead atoms. The minimum Gasteiger partial charge on any atom is -0.328 e. The van der Waals surface area contributed by atoms with E-state index in [9.17, 15) is 0 Å². The lowest BCUT2D eigenvalue weighted by Crippen LogP contribution is -2.50. The van der Waals surface area contributed by atoms with Gasteiger partial charge in [-0.05, 0) is 32.7 Å². The first-order valence-corrected chi connectivity index (χ1v) is 5.27. The smallest absolute Gasteiger partial charge is 0.0144 e. The molecule has 3 atom stereocenters. The standard InChI is InChI=1S/C11H22N2/c1-4-6-11-8-9(12)7-10(5-2)13(11)3/h4,9-11H,1,5-8,12H2,2-3H3. The van der Waals surface area contributed by atoms with Crippen LogP contribution in [0.1, 0.15) is 32.6 Å². The topological polar surface area (TPSA) is 29.3 Å². The Kier molecular flexibility index (Phi) is 3.94. The van der Waals surface area contributed by atoms with Crippen molar-refractivity contribution in [3.8, 4) is 0 Å². The van der Waals surface area contributed by atoms with Crippen LogP contribution in [0, 0.1) is 0 Å². The summed E-state index contributed by atoms with van der Waals surface area (Å²) in [6.07, 6.45) is 6.56. The van der Waals surface area contributed by atoms with E-state index in [4.69, 9.17) is 5.73 Å². The van der Waals surface area contributed by atoms with Crippen LogP contribution < -0.4 is 5.73 Å². The van der Waals surface area contributed by atoms with Crippen molar-refractivity contribution >= 4 is 0 Å². The van der Waals surface area contributed by atoms with Crippen LogP contribution in [0.15, 0.2) is 12.7 Å². The van der Waals surface area contributed by atoms with E-state index in [1.807, 2.05) is 6.08 Å². The first kappa shape index (κ1) is 10.7. The number of hydrogen-bond donors (Lipinski definition) is 1. The number of hydrogen-bond acceptors (Lipinski definition) is 2. The monoisotopic (exact) mass is 182 g/mol. The second-order valence-electron chi connectivity index (χ2n) is 4.14. The highest BCUT2D eigenvalue weighted by Crippen LogP contribution is 2.24. The van der Waals surface area contributed by atoms with Crippen LogP contribution in [-0.2, 0) is 0 Å². The number of nitrogens with zero attached hydrogens (tertiary/aromatic N) is 1. The van der Waals surface area contributed by atoms with Gasteiger partial charge in [0.15, 0.2) is 0 Å².